The molecular formula is C34H38ClN3O5. The third-order valence-corrected chi connectivity index (χ3v) is 8.86. The molecule has 2 aliphatic rings. The van der Waals surface area contributed by atoms with E-state index < -0.39 is 41.5 Å². The molecule has 3 aromatic carbocycles. The van der Waals surface area contributed by atoms with E-state index >= 15 is 0 Å². The van der Waals surface area contributed by atoms with Gasteiger partial charge in [-0.05, 0) is 54.0 Å². The Bertz CT molecular complexity index is 1450. The van der Waals surface area contributed by atoms with Gasteiger partial charge >= 0.3 is 0 Å². The molecule has 1 saturated heterocycles. The van der Waals surface area contributed by atoms with Crippen LogP contribution in [0.3, 0.4) is 0 Å². The van der Waals surface area contributed by atoms with Gasteiger partial charge in [0.1, 0.15) is 12.1 Å². The molecule has 1 fully saturated rings. The first-order chi connectivity index (χ1) is 20.7. The van der Waals surface area contributed by atoms with Crippen molar-refractivity contribution < 1.29 is 24.6 Å². The smallest absolute Gasteiger partial charge is 0.252 e. The molecule has 5 rings (SSSR count). The van der Waals surface area contributed by atoms with Crippen LogP contribution in [0.15, 0.2) is 78.9 Å². The van der Waals surface area contributed by atoms with Crippen LogP contribution in [0.2, 0.25) is 0 Å². The molecule has 0 radical (unpaired) electrons. The van der Waals surface area contributed by atoms with Crippen LogP contribution in [-0.2, 0) is 33.8 Å². The summed E-state index contributed by atoms with van der Waals surface area (Å²) in [6.07, 6.45) is -1.44. The number of hydrogen-bond acceptors (Lipinski definition) is 5. The summed E-state index contributed by atoms with van der Waals surface area (Å²) in [7, 11) is 0. The Morgan fingerprint density at radius 1 is 1.00 bits per heavy atom. The molecule has 3 aromatic rings. The van der Waals surface area contributed by atoms with Crippen LogP contribution in [0.1, 0.15) is 46.7 Å². The van der Waals surface area contributed by atoms with Gasteiger partial charge in [-0.1, -0.05) is 78.9 Å². The van der Waals surface area contributed by atoms with Crippen molar-refractivity contribution in [3.05, 3.63) is 107 Å². The Kier molecular flexibility index (Phi) is 9.80. The zero-order chi connectivity index (χ0) is 30.5. The summed E-state index contributed by atoms with van der Waals surface area (Å²) < 4.78 is 0. The van der Waals surface area contributed by atoms with E-state index in [1.807, 2.05) is 85.8 Å². The average molecular weight is 604 g/mol. The van der Waals surface area contributed by atoms with E-state index in [0.717, 1.165) is 27.8 Å². The molecule has 0 spiro atoms. The van der Waals surface area contributed by atoms with E-state index in [1.54, 1.807) is 0 Å². The molecule has 9 heteroatoms. The molecular weight excluding hydrogens is 566 g/mol. The Morgan fingerprint density at radius 2 is 1.70 bits per heavy atom. The first kappa shape index (κ1) is 30.7. The van der Waals surface area contributed by atoms with Gasteiger partial charge in [0.05, 0.1) is 17.5 Å². The van der Waals surface area contributed by atoms with Crippen LogP contribution >= 0.6 is 11.6 Å². The summed E-state index contributed by atoms with van der Waals surface area (Å²) in [5, 5.41) is 27.3. The number of aliphatic hydroxyl groups excluding tert-OH is 2. The number of fused-ring (bicyclic) bond motifs is 1. The van der Waals surface area contributed by atoms with Crippen molar-refractivity contribution in [2.45, 2.75) is 68.8 Å². The number of nitrogens with one attached hydrogen (secondary N) is 2. The third-order valence-electron chi connectivity index (χ3n) is 8.54. The normalized spacial score (nSPS) is 22.5. The lowest BCUT2D eigenvalue weighted by atomic mass is 9.91. The molecule has 43 heavy (non-hydrogen) atoms. The minimum absolute atomic E-state index is 0.125. The van der Waals surface area contributed by atoms with Crippen molar-refractivity contribution >= 4 is 29.3 Å². The number of carbonyl (C=O) groups excluding carboxylic acids is 3. The van der Waals surface area contributed by atoms with E-state index in [9.17, 15) is 24.6 Å². The van der Waals surface area contributed by atoms with Crippen molar-refractivity contribution in [2.75, 3.05) is 6.54 Å². The van der Waals surface area contributed by atoms with Gasteiger partial charge in [-0.25, -0.2) is 0 Å². The van der Waals surface area contributed by atoms with Gasteiger partial charge in [-0.15, -0.1) is 11.6 Å². The SMILES string of the molecule is Cc1ccccc1CNC(=O)[C@@H]1C[C@H](Cl)CN1C(=O)[C@@H](O)C[C@H](Cc1ccccc1)C(=O)N[C@H]1c2ccccc2C[C@H]1O. The summed E-state index contributed by atoms with van der Waals surface area (Å²) >= 11 is 6.41. The fraction of sp³-hybridized carbons (Fsp3) is 0.382. The van der Waals surface area contributed by atoms with E-state index in [2.05, 4.69) is 10.6 Å². The predicted molar refractivity (Wildman–Crippen MR) is 164 cm³/mol. The minimum atomic E-state index is -1.52. The largest absolute Gasteiger partial charge is 0.390 e. The third kappa shape index (κ3) is 7.26. The van der Waals surface area contributed by atoms with Crippen LogP contribution in [0.4, 0.5) is 0 Å². The van der Waals surface area contributed by atoms with Gasteiger partial charge in [0.15, 0.2) is 0 Å². The van der Waals surface area contributed by atoms with Crippen molar-refractivity contribution in [3.8, 4) is 0 Å². The van der Waals surface area contributed by atoms with Crippen molar-refractivity contribution in [1.82, 2.24) is 15.5 Å². The van der Waals surface area contributed by atoms with Gasteiger partial charge in [0.25, 0.3) is 5.91 Å². The second kappa shape index (κ2) is 13.7. The topological polar surface area (TPSA) is 119 Å². The monoisotopic (exact) mass is 603 g/mol. The molecule has 1 aliphatic carbocycles. The van der Waals surface area contributed by atoms with Crippen molar-refractivity contribution in [3.63, 3.8) is 0 Å². The molecule has 0 aromatic heterocycles. The maximum atomic E-state index is 13.7. The number of carbonyl (C=O) groups is 3. The second-order valence-corrected chi connectivity index (χ2v) is 12.2. The highest BCUT2D eigenvalue weighted by atomic mass is 35.5. The van der Waals surface area contributed by atoms with Crippen LogP contribution < -0.4 is 10.6 Å². The molecule has 226 valence electrons. The number of aliphatic hydroxyl groups is 2. The number of amides is 3. The summed E-state index contributed by atoms with van der Waals surface area (Å²) in [6.45, 7) is 2.40. The molecule has 1 aliphatic heterocycles. The molecule has 0 saturated carbocycles. The van der Waals surface area contributed by atoms with Gasteiger partial charge in [0.2, 0.25) is 11.8 Å². The second-order valence-electron chi connectivity index (χ2n) is 11.6. The number of halogens is 1. The zero-order valence-electron chi connectivity index (χ0n) is 24.2. The maximum Gasteiger partial charge on any atom is 0.252 e. The highest BCUT2D eigenvalue weighted by Crippen LogP contribution is 2.32. The van der Waals surface area contributed by atoms with E-state index in [1.165, 1.54) is 4.90 Å². The average Bonchev–Trinajstić information content (AvgIpc) is 3.55. The quantitative estimate of drug-likeness (QED) is 0.266. The molecule has 0 bridgehead atoms. The predicted octanol–water partition coefficient (Wildman–Crippen LogP) is 3.20. The molecule has 3 amide bonds. The number of aryl methyl sites for hydroxylation is 1. The number of rotatable bonds is 10. The summed E-state index contributed by atoms with van der Waals surface area (Å²) in [5.41, 5.74) is 4.74. The number of nitrogens with zero attached hydrogens (tertiary/aromatic N) is 1. The first-order valence-electron chi connectivity index (χ1n) is 14.8. The molecule has 0 unspecified atom stereocenters. The lowest BCUT2D eigenvalue weighted by molar-refractivity contribution is -0.146. The van der Waals surface area contributed by atoms with Crippen LogP contribution in [-0.4, -0.2) is 63.0 Å². The molecule has 8 nitrogen and oxygen atoms in total. The van der Waals surface area contributed by atoms with E-state index in [0.29, 0.717) is 19.4 Å². The standard InChI is InChI=1S/C34H38ClN3O5/c1-21-9-5-6-13-24(21)19-36-33(42)28-18-26(35)20-38(28)34(43)30(40)17-25(15-22-10-3-2-4-11-22)32(41)37-31-27-14-8-7-12-23(27)16-29(31)39/h2-14,25-26,28-31,39-40H,15-20H2,1H3,(H,36,42)(H,37,41)/t25-,26-,28-,29+,30-,31-/m0/s1. The summed E-state index contributed by atoms with van der Waals surface area (Å²) in [5.74, 6) is -2.08. The van der Waals surface area contributed by atoms with Crippen LogP contribution in [0, 0.1) is 12.8 Å². The Labute approximate surface area is 257 Å². The van der Waals surface area contributed by atoms with Gasteiger partial charge < -0.3 is 25.7 Å². The molecule has 1 heterocycles. The highest BCUT2D eigenvalue weighted by Gasteiger charge is 2.42. The van der Waals surface area contributed by atoms with E-state index in [4.69, 9.17) is 11.6 Å². The fourth-order valence-electron chi connectivity index (χ4n) is 6.15. The van der Waals surface area contributed by atoms with Crippen molar-refractivity contribution in [2.24, 2.45) is 5.92 Å². The Balaban J connectivity index is 1.28. The van der Waals surface area contributed by atoms with Crippen LogP contribution in [0.5, 0.6) is 0 Å². The lowest BCUT2D eigenvalue weighted by Crippen LogP contribution is -2.50. The van der Waals surface area contributed by atoms with Crippen LogP contribution in [0.25, 0.3) is 0 Å². The zero-order valence-corrected chi connectivity index (χ0v) is 24.9. The minimum Gasteiger partial charge on any atom is -0.390 e. The number of alkyl halides is 1. The highest BCUT2D eigenvalue weighted by molar-refractivity contribution is 6.21. The Hall–Kier alpha value is -3.72. The first-order valence-corrected chi connectivity index (χ1v) is 15.2. The van der Waals surface area contributed by atoms with E-state index in [-0.39, 0.29) is 31.2 Å². The molecule has 4 N–H and O–H groups in total. The Morgan fingerprint density at radius 3 is 2.47 bits per heavy atom. The summed E-state index contributed by atoms with van der Waals surface area (Å²) in [6, 6.07) is 23.3. The fourth-order valence-corrected chi connectivity index (χ4v) is 6.47. The molecule has 6 atom stereocenters. The maximum absolute atomic E-state index is 13.7. The van der Waals surface area contributed by atoms with Gasteiger partial charge in [-0.2, -0.15) is 0 Å². The number of likely N-dealkylation sites (tertiary alicyclic amines) is 1. The van der Waals surface area contributed by atoms with Gasteiger partial charge in [-0.3, -0.25) is 14.4 Å². The number of benzene rings is 3. The van der Waals surface area contributed by atoms with Gasteiger partial charge in [0, 0.05) is 25.4 Å². The number of hydrogen-bond donors (Lipinski definition) is 4. The lowest BCUT2D eigenvalue weighted by Gasteiger charge is -2.28. The summed E-state index contributed by atoms with van der Waals surface area (Å²) in [4.78, 5) is 41.8. The van der Waals surface area contributed by atoms with Crippen molar-refractivity contribution in [1.29, 1.82) is 0 Å².